The van der Waals surface area contributed by atoms with E-state index in [1.54, 1.807) is 6.92 Å². The largest absolute Gasteiger partial charge is 0.416 e. The second-order valence-corrected chi connectivity index (χ2v) is 4.66. The Labute approximate surface area is 113 Å². The molecule has 1 atom stereocenters. The number of hydrogen-bond acceptors (Lipinski definition) is 3. The van der Waals surface area contributed by atoms with Crippen LogP contribution in [0.4, 0.5) is 18.9 Å². The zero-order valence-electron chi connectivity index (χ0n) is 10.8. The minimum absolute atomic E-state index is 0.0554. The van der Waals surface area contributed by atoms with Gasteiger partial charge in [0.2, 0.25) is 5.96 Å². The van der Waals surface area contributed by atoms with Crippen molar-refractivity contribution in [1.29, 1.82) is 5.41 Å². The van der Waals surface area contributed by atoms with Gasteiger partial charge < -0.3 is 10.0 Å². The SMILES string of the molecule is CCC1(O)CN(c2cccc(C(F)(F)F)c2)C(=N)N1N. The molecule has 0 saturated carbocycles. The second-order valence-electron chi connectivity index (χ2n) is 4.66. The Morgan fingerprint density at radius 3 is 2.60 bits per heavy atom. The Morgan fingerprint density at radius 2 is 2.10 bits per heavy atom. The summed E-state index contributed by atoms with van der Waals surface area (Å²) < 4.78 is 38.1. The van der Waals surface area contributed by atoms with Crippen LogP contribution in [0.2, 0.25) is 0 Å². The first-order valence-corrected chi connectivity index (χ1v) is 5.99. The summed E-state index contributed by atoms with van der Waals surface area (Å²) >= 11 is 0. The van der Waals surface area contributed by atoms with E-state index in [9.17, 15) is 18.3 Å². The quantitative estimate of drug-likeness (QED) is 0.724. The van der Waals surface area contributed by atoms with Crippen molar-refractivity contribution in [3.63, 3.8) is 0 Å². The van der Waals surface area contributed by atoms with E-state index in [4.69, 9.17) is 11.3 Å². The number of rotatable bonds is 2. The highest BCUT2D eigenvalue weighted by Gasteiger charge is 2.44. The fourth-order valence-electron chi connectivity index (χ4n) is 2.08. The number of guanidine groups is 1. The molecule has 8 heteroatoms. The highest BCUT2D eigenvalue weighted by atomic mass is 19.4. The predicted molar refractivity (Wildman–Crippen MR) is 67.8 cm³/mol. The van der Waals surface area contributed by atoms with E-state index >= 15 is 0 Å². The van der Waals surface area contributed by atoms with Crippen LogP contribution in [0, 0.1) is 5.41 Å². The molecule has 0 spiro atoms. The molecule has 1 aliphatic rings. The third-order valence-corrected chi connectivity index (χ3v) is 3.40. The van der Waals surface area contributed by atoms with Crippen molar-refractivity contribution >= 4 is 11.6 Å². The molecule has 0 radical (unpaired) electrons. The highest BCUT2D eigenvalue weighted by Crippen LogP contribution is 2.34. The van der Waals surface area contributed by atoms with Crippen molar-refractivity contribution in [2.45, 2.75) is 25.2 Å². The van der Waals surface area contributed by atoms with Crippen molar-refractivity contribution < 1.29 is 18.3 Å². The molecule has 1 heterocycles. The van der Waals surface area contributed by atoms with E-state index in [0.29, 0.717) is 0 Å². The van der Waals surface area contributed by atoms with Gasteiger partial charge in [-0.05, 0) is 24.6 Å². The Hall–Kier alpha value is -1.80. The number of hydrazine groups is 1. The maximum absolute atomic E-state index is 12.7. The lowest BCUT2D eigenvalue weighted by Gasteiger charge is -2.26. The van der Waals surface area contributed by atoms with Gasteiger partial charge in [0.15, 0.2) is 5.72 Å². The van der Waals surface area contributed by atoms with Crippen molar-refractivity contribution in [2.24, 2.45) is 5.84 Å². The van der Waals surface area contributed by atoms with Crippen LogP contribution in [0.3, 0.4) is 0 Å². The number of β-amino-alcohol motifs (C(OH)–C–C–N with tert-alkyl or cyclic N) is 1. The summed E-state index contributed by atoms with van der Waals surface area (Å²) in [6.45, 7) is 1.63. The number of anilines is 1. The van der Waals surface area contributed by atoms with Crippen LogP contribution in [0.15, 0.2) is 24.3 Å². The fraction of sp³-hybridized carbons (Fsp3) is 0.417. The molecule has 0 amide bonds. The van der Waals surface area contributed by atoms with Crippen molar-refractivity contribution in [2.75, 3.05) is 11.4 Å². The number of hydrogen-bond donors (Lipinski definition) is 3. The first kappa shape index (κ1) is 14.6. The zero-order valence-corrected chi connectivity index (χ0v) is 10.8. The first-order valence-electron chi connectivity index (χ1n) is 5.99. The molecule has 1 aromatic rings. The summed E-state index contributed by atoms with van der Waals surface area (Å²) in [5, 5.41) is 18.9. The topological polar surface area (TPSA) is 76.6 Å². The number of nitrogens with zero attached hydrogens (tertiary/aromatic N) is 2. The summed E-state index contributed by atoms with van der Waals surface area (Å²) in [5.41, 5.74) is -2.09. The molecule has 1 fully saturated rings. The maximum atomic E-state index is 12.7. The maximum Gasteiger partial charge on any atom is 0.416 e. The van der Waals surface area contributed by atoms with Gasteiger partial charge in [0.25, 0.3) is 0 Å². The number of alkyl halides is 3. The van der Waals surface area contributed by atoms with E-state index in [1.165, 1.54) is 17.0 Å². The fourth-order valence-corrected chi connectivity index (χ4v) is 2.08. The first-order chi connectivity index (χ1) is 9.19. The van der Waals surface area contributed by atoms with Crippen molar-refractivity contribution in [3.05, 3.63) is 29.8 Å². The molecule has 1 unspecified atom stereocenters. The van der Waals surface area contributed by atoms with Crippen molar-refractivity contribution in [3.8, 4) is 0 Å². The number of benzene rings is 1. The van der Waals surface area contributed by atoms with Crippen LogP contribution in [-0.2, 0) is 6.18 Å². The molecule has 110 valence electrons. The number of halogens is 3. The summed E-state index contributed by atoms with van der Waals surface area (Å²) in [6.07, 6.45) is -4.21. The lowest BCUT2D eigenvalue weighted by Crippen LogP contribution is -2.51. The summed E-state index contributed by atoms with van der Waals surface area (Å²) in [5.74, 6) is 5.37. The Bertz CT molecular complexity index is 534. The molecule has 0 aromatic heterocycles. The lowest BCUT2D eigenvalue weighted by atomic mass is 10.1. The van der Waals surface area contributed by atoms with Gasteiger partial charge in [-0.1, -0.05) is 13.0 Å². The second kappa shape index (κ2) is 4.64. The van der Waals surface area contributed by atoms with E-state index in [0.717, 1.165) is 17.1 Å². The number of nitrogens with two attached hydrogens (primary N) is 1. The molecular weight excluding hydrogens is 273 g/mol. The molecule has 20 heavy (non-hydrogen) atoms. The van der Waals surface area contributed by atoms with E-state index in [2.05, 4.69) is 0 Å². The molecule has 5 nitrogen and oxygen atoms in total. The van der Waals surface area contributed by atoms with E-state index < -0.39 is 17.5 Å². The molecule has 1 aromatic carbocycles. The molecule has 1 saturated heterocycles. The summed E-state index contributed by atoms with van der Waals surface area (Å²) in [6, 6.07) is 4.59. The van der Waals surface area contributed by atoms with Crippen LogP contribution in [-0.4, -0.2) is 28.3 Å². The molecule has 0 bridgehead atoms. The highest BCUT2D eigenvalue weighted by molar-refractivity contribution is 5.96. The minimum atomic E-state index is -4.46. The van der Waals surface area contributed by atoms with Gasteiger partial charge in [0.05, 0.1) is 12.1 Å². The molecule has 1 aliphatic heterocycles. The van der Waals surface area contributed by atoms with Gasteiger partial charge in [0.1, 0.15) is 0 Å². The lowest BCUT2D eigenvalue weighted by molar-refractivity contribution is -0.137. The number of nitrogens with one attached hydrogen (secondary N) is 1. The van der Waals surface area contributed by atoms with Crippen LogP contribution < -0.4 is 10.7 Å². The average molecular weight is 288 g/mol. The smallest absolute Gasteiger partial charge is 0.368 e. The third kappa shape index (κ3) is 2.32. The molecule has 4 N–H and O–H groups in total. The van der Waals surface area contributed by atoms with Gasteiger partial charge >= 0.3 is 6.18 Å². The van der Waals surface area contributed by atoms with Crippen LogP contribution in [0.5, 0.6) is 0 Å². The molecule has 0 aliphatic carbocycles. The van der Waals surface area contributed by atoms with Gasteiger partial charge in [-0.3, -0.25) is 5.41 Å². The van der Waals surface area contributed by atoms with Gasteiger partial charge in [-0.15, -0.1) is 0 Å². The van der Waals surface area contributed by atoms with E-state index in [1.807, 2.05) is 0 Å². The number of aliphatic hydroxyl groups is 1. The monoisotopic (exact) mass is 288 g/mol. The van der Waals surface area contributed by atoms with Crippen LogP contribution in [0.25, 0.3) is 0 Å². The predicted octanol–water partition coefficient (Wildman–Crippen LogP) is 1.73. The Morgan fingerprint density at radius 1 is 1.45 bits per heavy atom. The molecular formula is C12H15F3N4O. The summed E-state index contributed by atoms with van der Waals surface area (Å²) in [7, 11) is 0. The zero-order chi connectivity index (χ0) is 15.1. The average Bonchev–Trinajstić information content (AvgIpc) is 2.63. The Balaban J connectivity index is 2.36. The van der Waals surface area contributed by atoms with Gasteiger partial charge in [-0.2, -0.15) is 13.2 Å². The van der Waals surface area contributed by atoms with Gasteiger partial charge in [-0.25, -0.2) is 10.9 Å². The van der Waals surface area contributed by atoms with Crippen LogP contribution >= 0.6 is 0 Å². The Kier molecular flexibility index (Phi) is 3.39. The van der Waals surface area contributed by atoms with E-state index in [-0.39, 0.29) is 24.6 Å². The molecule has 2 rings (SSSR count). The summed E-state index contributed by atoms with van der Waals surface area (Å²) in [4.78, 5) is 1.25. The minimum Gasteiger partial charge on any atom is -0.368 e. The van der Waals surface area contributed by atoms with Crippen LogP contribution in [0.1, 0.15) is 18.9 Å². The normalized spacial score (nSPS) is 23.6. The van der Waals surface area contributed by atoms with Crippen molar-refractivity contribution in [1.82, 2.24) is 5.01 Å². The van der Waals surface area contributed by atoms with Gasteiger partial charge in [0, 0.05) is 5.69 Å². The standard InChI is InChI=1S/C12H15F3N4O/c1-2-11(20)7-18(10(16)19(11)17)9-5-3-4-8(6-9)12(13,14)15/h3-6,16,20H,2,7,17H2,1H3. The third-order valence-electron chi connectivity index (χ3n) is 3.40.